The van der Waals surface area contributed by atoms with Gasteiger partial charge in [-0.3, -0.25) is 9.59 Å². The van der Waals surface area contributed by atoms with E-state index in [-0.39, 0.29) is 29.8 Å². The van der Waals surface area contributed by atoms with Crippen molar-refractivity contribution < 1.29 is 14.0 Å². The van der Waals surface area contributed by atoms with Gasteiger partial charge in [-0.25, -0.2) is 4.39 Å². The van der Waals surface area contributed by atoms with Crippen LogP contribution in [0.4, 0.5) is 15.8 Å². The molecule has 2 rings (SSSR count). The van der Waals surface area contributed by atoms with Crippen molar-refractivity contribution in [1.29, 1.82) is 0 Å². The van der Waals surface area contributed by atoms with Crippen molar-refractivity contribution in [2.24, 2.45) is 0 Å². The Balaban J connectivity index is 2.13. The van der Waals surface area contributed by atoms with Gasteiger partial charge >= 0.3 is 0 Å². The summed E-state index contributed by atoms with van der Waals surface area (Å²) in [5.41, 5.74) is 2.37. The topological polar surface area (TPSA) is 40.6 Å². The number of amides is 2. The molecule has 0 spiro atoms. The summed E-state index contributed by atoms with van der Waals surface area (Å²) in [6.45, 7) is 6.00. The van der Waals surface area contributed by atoms with Gasteiger partial charge in [-0.15, -0.1) is 0 Å². The Morgan fingerprint density at radius 3 is 2.35 bits per heavy atom. The number of benzene rings is 2. The molecule has 2 aromatic rings. The summed E-state index contributed by atoms with van der Waals surface area (Å²) in [6, 6.07) is 11.8. The normalized spacial score (nSPS) is 10.5. The molecule has 26 heavy (non-hydrogen) atoms. The molecule has 2 amide bonds. The molecule has 0 aromatic heterocycles. The van der Waals surface area contributed by atoms with Gasteiger partial charge in [0.1, 0.15) is 5.82 Å². The van der Waals surface area contributed by atoms with Gasteiger partial charge in [0.25, 0.3) is 0 Å². The van der Waals surface area contributed by atoms with E-state index < -0.39 is 5.82 Å². The minimum atomic E-state index is -0.549. The first-order chi connectivity index (χ1) is 12.3. The maximum Gasteiger partial charge on any atom is 0.228 e. The first-order valence-corrected chi connectivity index (χ1v) is 8.81. The number of carbonyl (C=O) groups is 2. The zero-order chi connectivity index (χ0) is 19.3. The number of nitrogens with zero attached hydrogens (tertiary/aromatic N) is 2. The third-order valence-corrected chi connectivity index (χ3v) is 4.36. The summed E-state index contributed by atoms with van der Waals surface area (Å²) >= 11 is 5.80. The molecule has 0 heterocycles. The lowest BCUT2D eigenvalue weighted by molar-refractivity contribution is -0.118. The van der Waals surface area contributed by atoms with Crippen molar-refractivity contribution in [2.45, 2.75) is 27.2 Å². The van der Waals surface area contributed by atoms with E-state index in [4.69, 9.17) is 11.6 Å². The van der Waals surface area contributed by atoms with E-state index in [0.29, 0.717) is 12.2 Å². The number of halogens is 2. The minimum absolute atomic E-state index is 0.0602. The van der Waals surface area contributed by atoms with Gasteiger partial charge < -0.3 is 9.80 Å². The highest BCUT2D eigenvalue weighted by Crippen LogP contribution is 2.23. The van der Waals surface area contributed by atoms with Crippen LogP contribution in [0.2, 0.25) is 5.02 Å². The van der Waals surface area contributed by atoms with Crippen molar-refractivity contribution in [3.05, 3.63) is 58.9 Å². The molecule has 138 valence electrons. The molecule has 6 heteroatoms. The molecule has 0 saturated carbocycles. The largest absolute Gasteiger partial charge is 0.313 e. The smallest absolute Gasteiger partial charge is 0.228 e. The van der Waals surface area contributed by atoms with E-state index >= 15 is 0 Å². The Bertz CT molecular complexity index is 810. The molecule has 0 fully saturated rings. The molecule has 0 aliphatic heterocycles. The Kier molecular flexibility index (Phi) is 6.75. The molecule has 0 radical (unpaired) electrons. The van der Waals surface area contributed by atoms with Crippen LogP contribution in [0, 0.1) is 12.7 Å². The fraction of sp³-hybridized carbons (Fsp3) is 0.300. The molecule has 2 aromatic carbocycles. The molecule has 4 nitrogen and oxygen atoms in total. The van der Waals surface area contributed by atoms with Gasteiger partial charge in [0.15, 0.2) is 0 Å². The summed E-state index contributed by atoms with van der Waals surface area (Å²) < 4.78 is 13.4. The number of rotatable bonds is 6. The van der Waals surface area contributed by atoms with Crippen molar-refractivity contribution in [1.82, 2.24) is 0 Å². The first-order valence-electron chi connectivity index (χ1n) is 8.43. The fourth-order valence-corrected chi connectivity index (χ4v) is 2.94. The molecule has 0 saturated heterocycles. The van der Waals surface area contributed by atoms with Crippen LogP contribution in [-0.4, -0.2) is 24.9 Å². The molecular weight excluding hydrogens is 355 g/mol. The molecule has 0 bridgehead atoms. The van der Waals surface area contributed by atoms with Gasteiger partial charge in [0.05, 0.1) is 5.02 Å². The van der Waals surface area contributed by atoms with Crippen LogP contribution < -0.4 is 9.80 Å². The van der Waals surface area contributed by atoms with E-state index in [1.54, 1.807) is 4.90 Å². The van der Waals surface area contributed by atoms with Crippen LogP contribution >= 0.6 is 11.6 Å². The van der Waals surface area contributed by atoms with E-state index in [1.807, 2.05) is 38.1 Å². The minimum Gasteiger partial charge on any atom is -0.313 e. The molecule has 0 aliphatic carbocycles. The molecule has 0 aliphatic rings. The van der Waals surface area contributed by atoms with Crippen LogP contribution in [0.25, 0.3) is 0 Å². The SMILES string of the molecule is CCN(C(=O)CCN(C(C)=O)c1ccc(F)c(Cl)c1)c1cccc(C)c1. The van der Waals surface area contributed by atoms with E-state index in [1.165, 1.54) is 30.0 Å². The van der Waals surface area contributed by atoms with Crippen LogP contribution in [0.3, 0.4) is 0 Å². The van der Waals surface area contributed by atoms with E-state index in [0.717, 1.165) is 11.3 Å². The fourth-order valence-electron chi connectivity index (χ4n) is 2.76. The highest BCUT2D eigenvalue weighted by atomic mass is 35.5. The van der Waals surface area contributed by atoms with Gasteiger partial charge in [-0.2, -0.15) is 0 Å². The number of hydrogen-bond donors (Lipinski definition) is 0. The maximum atomic E-state index is 13.4. The third kappa shape index (κ3) is 4.82. The lowest BCUT2D eigenvalue weighted by atomic mass is 10.2. The second-order valence-corrected chi connectivity index (χ2v) is 6.40. The number of aryl methyl sites for hydroxylation is 1. The zero-order valence-electron chi connectivity index (χ0n) is 15.1. The number of hydrogen-bond acceptors (Lipinski definition) is 2. The Morgan fingerprint density at radius 2 is 1.77 bits per heavy atom. The van der Waals surface area contributed by atoms with Crippen molar-refractivity contribution in [2.75, 3.05) is 22.9 Å². The summed E-state index contributed by atoms with van der Waals surface area (Å²) in [7, 11) is 0. The molecule has 0 unspecified atom stereocenters. The quantitative estimate of drug-likeness (QED) is 0.740. The van der Waals surface area contributed by atoms with Gasteiger partial charge in [-0.1, -0.05) is 23.7 Å². The van der Waals surface area contributed by atoms with Crippen LogP contribution in [0.1, 0.15) is 25.8 Å². The van der Waals surface area contributed by atoms with Crippen molar-refractivity contribution in [3.8, 4) is 0 Å². The van der Waals surface area contributed by atoms with Crippen LogP contribution in [0.15, 0.2) is 42.5 Å². The predicted molar refractivity (Wildman–Crippen MR) is 103 cm³/mol. The molecule has 0 N–H and O–H groups in total. The second kappa shape index (κ2) is 8.81. The Morgan fingerprint density at radius 1 is 1.08 bits per heavy atom. The highest BCUT2D eigenvalue weighted by Gasteiger charge is 2.18. The Labute approximate surface area is 158 Å². The predicted octanol–water partition coefficient (Wildman–Crippen LogP) is 4.58. The maximum absolute atomic E-state index is 13.4. The third-order valence-electron chi connectivity index (χ3n) is 4.07. The summed E-state index contributed by atoms with van der Waals surface area (Å²) in [4.78, 5) is 27.7. The average molecular weight is 377 g/mol. The Hall–Kier alpha value is -2.40. The molecule has 0 atom stereocenters. The summed E-state index contributed by atoms with van der Waals surface area (Å²) in [6.07, 6.45) is 0.149. The summed E-state index contributed by atoms with van der Waals surface area (Å²) in [5, 5.41) is -0.0602. The van der Waals surface area contributed by atoms with Crippen molar-refractivity contribution >= 4 is 34.8 Å². The zero-order valence-corrected chi connectivity index (χ0v) is 15.9. The van der Waals surface area contributed by atoms with E-state index in [9.17, 15) is 14.0 Å². The van der Waals surface area contributed by atoms with Crippen LogP contribution in [-0.2, 0) is 9.59 Å². The molecular formula is C20H22ClFN2O2. The monoisotopic (exact) mass is 376 g/mol. The lowest BCUT2D eigenvalue weighted by Gasteiger charge is -2.25. The van der Waals surface area contributed by atoms with Gasteiger partial charge in [0, 0.05) is 37.8 Å². The summed E-state index contributed by atoms with van der Waals surface area (Å²) in [5.74, 6) is -0.872. The van der Waals surface area contributed by atoms with Gasteiger partial charge in [-0.05, 0) is 49.7 Å². The highest BCUT2D eigenvalue weighted by molar-refractivity contribution is 6.31. The van der Waals surface area contributed by atoms with Crippen LogP contribution in [0.5, 0.6) is 0 Å². The first kappa shape index (κ1) is 19.9. The van der Waals surface area contributed by atoms with E-state index in [2.05, 4.69) is 0 Å². The second-order valence-electron chi connectivity index (χ2n) is 6.00. The standard InChI is InChI=1S/C20H22ClFN2O2/c1-4-23(16-7-5-6-14(2)12-16)20(26)10-11-24(15(3)25)17-8-9-19(22)18(21)13-17/h5-9,12-13H,4,10-11H2,1-3H3. The average Bonchev–Trinajstić information content (AvgIpc) is 2.58. The number of anilines is 2. The van der Waals surface area contributed by atoms with Crippen molar-refractivity contribution in [3.63, 3.8) is 0 Å². The van der Waals surface area contributed by atoms with Gasteiger partial charge in [0.2, 0.25) is 11.8 Å². The number of carbonyl (C=O) groups excluding carboxylic acids is 2. The lowest BCUT2D eigenvalue weighted by Crippen LogP contribution is -2.36.